The first kappa shape index (κ1) is 18.8. The lowest BCUT2D eigenvalue weighted by Crippen LogP contribution is -2.46. The number of hydrogen-bond acceptors (Lipinski definition) is 5. The molecule has 0 aliphatic rings. The van der Waals surface area contributed by atoms with Gasteiger partial charge in [0.05, 0.1) is 20.0 Å². The quantitative estimate of drug-likeness (QED) is 0.850. The van der Waals surface area contributed by atoms with Crippen LogP contribution in [0.3, 0.4) is 0 Å². The van der Waals surface area contributed by atoms with Crippen LogP contribution >= 0.6 is 0 Å². The first-order valence-corrected chi connectivity index (χ1v) is 6.58. The minimum absolute atomic E-state index is 0.283. The number of halogens is 3. The Kier molecular flexibility index (Phi) is 5.62. The number of carbonyl (C=O) groups excluding carboxylic acids is 2. The molecule has 0 radical (unpaired) electrons. The van der Waals surface area contributed by atoms with E-state index in [4.69, 9.17) is 4.74 Å². The normalized spacial score (nSPS) is 13.3. The fraction of sp³-hybridized carbons (Fsp3) is 0.615. The average molecular weight is 337 g/mol. The lowest BCUT2D eigenvalue weighted by molar-refractivity contribution is -0.143. The number of hydrogen-bond donors (Lipinski definition) is 1. The van der Waals surface area contributed by atoms with Gasteiger partial charge in [0.15, 0.2) is 5.69 Å². The predicted molar refractivity (Wildman–Crippen MR) is 72.4 cm³/mol. The average Bonchev–Trinajstić information content (AvgIpc) is 2.83. The molecule has 1 heterocycles. The van der Waals surface area contributed by atoms with E-state index in [1.165, 1.54) is 0 Å². The number of imidazole rings is 1. The molecule has 1 aromatic rings. The Morgan fingerprint density at radius 1 is 1.35 bits per heavy atom. The second kappa shape index (κ2) is 6.88. The molecule has 1 atom stereocenters. The van der Waals surface area contributed by atoms with Crippen LogP contribution in [-0.4, -0.2) is 40.4 Å². The molecule has 0 spiro atoms. The zero-order valence-corrected chi connectivity index (χ0v) is 13.1. The number of nitrogens with zero attached hydrogens (tertiary/aromatic N) is 2. The van der Waals surface area contributed by atoms with E-state index in [0.717, 1.165) is 24.2 Å². The number of aromatic nitrogens is 2. The zero-order valence-electron chi connectivity index (χ0n) is 13.1. The highest BCUT2D eigenvalue weighted by Crippen LogP contribution is 2.27. The molecular formula is C13H18F3N3O4. The van der Waals surface area contributed by atoms with Gasteiger partial charge in [0.25, 0.3) is 0 Å². The fourth-order valence-electron chi connectivity index (χ4n) is 1.59. The Balaban J connectivity index is 2.81. The predicted octanol–water partition coefficient (Wildman–Crippen LogP) is 1.97. The van der Waals surface area contributed by atoms with Gasteiger partial charge >= 0.3 is 18.2 Å². The number of carbonyl (C=O) groups is 2. The second-order valence-electron chi connectivity index (χ2n) is 5.68. The first-order valence-electron chi connectivity index (χ1n) is 6.58. The molecule has 23 heavy (non-hydrogen) atoms. The van der Waals surface area contributed by atoms with Crippen LogP contribution in [0.15, 0.2) is 12.5 Å². The molecule has 10 heteroatoms. The smallest absolute Gasteiger partial charge is 0.434 e. The summed E-state index contributed by atoms with van der Waals surface area (Å²) in [7, 11) is 1.10. The molecule has 0 aliphatic heterocycles. The summed E-state index contributed by atoms with van der Waals surface area (Å²) >= 11 is 0. The van der Waals surface area contributed by atoms with E-state index in [-0.39, 0.29) is 6.54 Å². The largest absolute Gasteiger partial charge is 0.467 e. The second-order valence-corrected chi connectivity index (χ2v) is 5.68. The van der Waals surface area contributed by atoms with Gasteiger partial charge in [0.1, 0.15) is 11.6 Å². The summed E-state index contributed by atoms with van der Waals surface area (Å²) in [4.78, 5) is 26.6. The van der Waals surface area contributed by atoms with Crippen molar-refractivity contribution in [3.05, 3.63) is 18.2 Å². The molecule has 0 aromatic carbocycles. The third kappa shape index (κ3) is 6.17. The van der Waals surface area contributed by atoms with Crippen molar-refractivity contribution in [1.82, 2.24) is 14.9 Å². The summed E-state index contributed by atoms with van der Waals surface area (Å²) < 4.78 is 48.1. The van der Waals surface area contributed by atoms with Crippen LogP contribution in [0.1, 0.15) is 26.5 Å². The van der Waals surface area contributed by atoms with Crippen LogP contribution in [0.5, 0.6) is 0 Å². The molecular weight excluding hydrogens is 319 g/mol. The van der Waals surface area contributed by atoms with Gasteiger partial charge in [-0.2, -0.15) is 13.2 Å². The van der Waals surface area contributed by atoms with Gasteiger partial charge in [0, 0.05) is 6.20 Å². The van der Waals surface area contributed by atoms with Gasteiger partial charge in [-0.25, -0.2) is 14.6 Å². The van der Waals surface area contributed by atoms with Crippen LogP contribution in [0.25, 0.3) is 0 Å². The molecule has 0 fully saturated rings. The molecule has 0 saturated carbocycles. The molecule has 130 valence electrons. The van der Waals surface area contributed by atoms with E-state index >= 15 is 0 Å². The highest BCUT2D eigenvalue weighted by Gasteiger charge is 2.34. The van der Waals surface area contributed by atoms with Crippen molar-refractivity contribution in [3.63, 3.8) is 0 Å². The van der Waals surface area contributed by atoms with Gasteiger partial charge in [-0.3, -0.25) is 0 Å². The molecule has 0 bridgehead atoms. The van der Waals surface area contributed by atoms with E-state index in [1.807, 2.05) is 0 Å². The maximum atomic E-state index is 12.5. The van der Waals surface area contributed by atoms with Crippen LogP contribution < -0.4 is 5.32 Å². The van der Waals surface area contributed by atoms with Crippen LogP contribution in [0, 0.1) is 0 Å². The van der Waals surface area contributed by atoms with E-state index in [1.54, 1.807) is 20.8 Å². The van der Waals surface area contributed by atoms with Gasteiger partial charge in [-0.1, -0.05) is 0 Å². The topological polar surface area (TPSA) is 82.5 Å². The standard InChI is InChI=1S/C13H18F3N3O4/c1-12(2,3)23-11(21)18-8(10(20)22-4)5-19-6-9(17-7-19)13(14,15)16/h6-8H,5H2,1-4H3,(H,18,21). The summed E-state index contributed by atoms with van der Waals surface area (Å²) in [5.41, 5.74) is -1.89. The monoisotopic (exact) mass is 337 g/mol. The third-order valence-electron chi connectivity index (χ3n) is 2.49. The number of nitrogens with one attached hydrogen (secondary N) is 1. The Morgan fingerprint density at radius 2 is 1.96 bits per heavy atom. The summed E-state index contributed by atoms with van der Waals surface area (Å²) in [5.74, 6) is -0.821. The van der Waals surface area contributed by atoms with Crippen LogP contribution in [0.2, 0.25) is 0 Å². The van der Waals surface area contributed by atoms with E-state index in [2.05, 4.69) is 15.0 Å². The van der Waals surface area contributed by atoms with Gasteiger partial charge < -0.3 is 19.4 Å². The van der Waals surface area contributed by atoms with E-state index < -0.39 is 35.6 Å². The Labute approximate surface area is 130 Å². The maximum Gasteiger partial charge on any atom is 0.434 e. The highest BCUT2D eigenvalue weighted by molar-refractivity contribution is 5.81. The number of alkyl halides is 3. The Bertz CT molecular complexity index is 564. The van der Waals surface area contributed by atoms with Crippen molar-refractivity contribution in [2.75, 3.05) is 7.11 Å². The SMILES string of the molecule is COC(=O)C(Cn1cnc(C(F)(F)F)c1)NC(=O)OC(C)(C)C. The third-order valence-corrected chi connectivity index (χ3v) is 2.49. The van der Waals surface area contributed by atoms with Crippen LogP contribution in [-0.2, 0) is 27.0 Å². The Morgan fingerprint density at radius 3 is 2.39 bits per heavy atom. The maximum absolute atomic E-state index is 12.5. The lowest BCUT2D eigenvalue weighted by Gasteiger charge is -2.22. The van der Waals surface area contributed by atoms with Gasteiger partial charge in [0.2, 0.25) is 0 Å². The van der Waals surface area contributed by atoms with Gasteiger partial charge in [-0.05, 0) is 20.8 Å². The van der Waals surface area contributed by atoms with Crippen molar-refractivity contribution in [1.29, 1.82) is 0 Å². The number of rotatable bonds is 4. The molecule has 0 saturated heterocycles. The van der Waals surface area contributed by atoms with Gasteiger partial charge in [-0.15, -0.1) is 0 Å². The molecule has 1 amide bonds. The van der Waals surface area contributed by atoms with E-state index in [0.29, 0.717) is 0 Å². The van der Waals surface area contributed by atoms with Crippen molar-refractivity contribution in [2.24, 2.45) is 0 Å². The highest BCUT2D eigenvalue weighted by atomic mass is 19.4. The lowest BCUT2D eigenvalue weighted by atomic mass is 10.2. The summed E-state index contributed by atoms with van der Waals surface area (Å²) in [5, 5.41) is 2.26. The molecule has 1 rings (SSSR count). The molecule has 1 unspecified atom stereocenters. The molecule has 7 nitrogen and oxygen atoms in total. The zero-order chi connectivity index (χ0) is 17.8. The summed E-state index contributed by atoms with van der Waals surface area (Å²) in [6.45, 7) is 4.61. The first-order chi connectivity index (χ1) is 10.4. The number of esters is 1. The minimum Gasteiger partial charge on any atom is -0.467 e. The molecule has 1 aromatic heterocycles. The van der Waals surface area contributed by atoms with Crippen molar-refractivity contribution >= 4 is 12.1 Å². The Hall–Kier alpha value is -2.26. The van der Waals surface area contributed by atoms with Crippen molar-refractivity contribution in [3.8, 4) is 0 Å². The number of amides is 1. The van der Waals surface area contributed by atoms with Crippen molar-refractivity contribution in [2.45, 2.75) is 45.1 Å². The van der Waals surface area contributed by atoms with Crippen molar-refractivity contribution < 1.29 is 32.2 Å². The van der Waals surface area contributed by atoms with E-state index in [9.17, 15) is 22.8 Å². The van der Waals surface area contributed by atoms with Crippen LogP contribution in [0.4, 0.5) is 18.0 Å². The summed E-state index contributed by atoms with van der Waals surface area (Å²) in [6.07, 6.45) is -3.84. The summed E-state index contributed by atoms with van der Waals surface area (Å²) in [6, 6.07) is -1.22. The number of ether oxygens (including phenoxy) is 2. The number of alkyl carbamates (subject to hydrolysis) is 1. The fourth-order valence-corrected chi connectivity index (χ4v) is 1.59. The molecule has 0 aliphatic carbocycles. The molecule has 1 N–H and O–H groups in total. The minimum atomic E-state index is -4.59. The number of methoxy groups -OCH3 is 1.